The Morgan fingerprint density at radius 1 is 1.50 bits per heavy atom. The summed E-state index contributed by atoms with van der Waals surface area (Å²) in [5.74, 6) is 0. The minimum Gasteiger partial charge on any atom is -0.306 e. The average molecular weight is 184 g/mol. The molecular formula is C9H12ClN2. The highest BCUT2D eigenvalue weighted by Crippen LogP contribution is 2.05. The Morgan fingerprint density at radius 3 is 2.75 bits per heavy atom. The topological polar surface area (TPSA) is 24.9 Å². The third-order valence-corrected chi connectivity index (χ3v) is 1.56. The summed E-state index contributed by atoms with van der Waals surface area (Å²) >= 11 is 5.63. The fraction of sp³-hybridized carbons (Fsp3) is 0.333. The van der Waals surface area contributed by atoms with E-state index in [-0.39, 0.29) is 0 Å². The van der Waals surface area contributed by atoms with Crippen molar-refractivity contribution in [2.75, 3.05) is 0 Å². The number of rotatable bonds is 3. The highest BCUT2D eigenvalue weighted by Gasteiger charge is 1.95. The van der Waals surface area contributed by atoms with E-state index >= 15 is 0 Å². The van der Waals surface area contributed by atoms with Crippen LogP contribution in [-0.4, -0.2) is 11.0 Å². The molecule has 1 aromatic rings. The fourth-order valence-corrected chi connectivity index (χ4v) is 0.847. The van der Waals surface area contributed by atoms with Crippen LogP contribution < -0.4 is 5.32 Å². The van der Waals surface area contributed by atoms with Gasteiger partial charge in [0.2, 0.25) is 0 Å². The van der Waals surface area contributed by atoms with Gasteiger partial charge in [0.25, 0.3) is 0 Å². The number of nitrogens with one attached hydrogen (secondary N) is 1. The number of halogens is 1. The first-order valence-corrected chi connectivity index (χ1v) is 4.27. The van der Waals surface area contributed by atoms with Crippen LogP contribution >= 0.6 is 11.6 Å². The van der Waals surface area contributed by atoms with Crippen LogP contribution in [-0.2, 0) is 0 Å². The van der Waals surface area contributed by atoms with E-state index in [9.17, 15) is 0 Å². The molecule has 1 rings (SSSR count). The predicted molar refractivity (Wildman–Crippen MR) is 50.9 cm³/mol. The normalized spacial score (nSPS) is 10.7. The minimum absolute atomic E-state index is 0.445. The second kappa shape index (κ2) is 4.43. The van der Waals surface area contributed by atoms with Crippen molar-refractivity contribution in [3.05, 3.63) is 35.6 Å². The van der Waals surface area contributed by atoms with E-state index in [1.54, 1.807) is 12.3 Å². The van der Waals surface area contributed by atoms with E-state index in [0.717, 1.165) is 5.56 Å². The van der Waals surface area contributed by atoms with Crippen molar-refractivity contribution in [3.63, 3.8) is 0 Å². The van der Waals surface area contributed by atoms with Crippen molar-refractivity contribution in [1.29, 1.82) is 0 Å². The molecule has 0 amide bonds. The van der Waals surface area contributed by atoms with Gasteiger partial charge in [0, 0.05) is 12.2 Å². The Hall–Kier alpha value is -0.600. The summed E-state index contributed by atoms with van der Waals surface area (Å²) < 4.78 is 0. The molecule has 0 aliphatic carbocycles. The molecule has 0 saturated carbocycles. The summed E-state index contributed by atoms with van der Waals surface area (Å²) in [7, 11) is 0. The van der Waals surface area contributed by atoms with E-state index in [0.29, 0.717) is 11.2 Å². The van der Waals surface area contributed by atoms with Gasteiger partial charge in [-0.25, -0.2) is 4.98 Å². The fourth-order valence-electron chi connectivity index (χ4n) is 0.736. The second-order valence-electron chi connectivity index (χ2n) is 2.88. The standard InChI is InChI=1S/C9H12ClN2/c1-7(2)11-5-8-3-4-9(10)12-6-8/h3-7,11H,1-2H3. The van der Waals surface area contributed by atoms with Crippen molar-refractivity contribution < 1.29 is 0 Å². The van der Waals surface area contributed by atoms with Crippen molar-refractivity contribution in [2.45, 2.75) is 19.9 Å². The van der Waals surface area contributed by atoms with E-state index in [2.05, 4.69) is 24.1 Å². The quantitative estimate of drug-likeness (QED) is 0.728. The highest BCUT2D eigenvalue weighted by molar-refractivity contribution is 6.29. The summed E-state index contributed by atoms with van der Waals surface area (Å²) in [6, 6.07) is 4.14. The lowest BCUT2D eigenvalue weighted by molar-refractivity contribution is 0.672. The first-order valence-electron chi connectivity index (χ1n) is 3.89. The maximum Gasteiger partial charge on any atom is 0.129 e. The van der Waals surface area contributed by atoms with Crippen LogP contribution in [0.4, 0.5) is 0 Å². The number of nitrogens with zero attached hydrogens (tertiary/aromatic N) is 1. The smallest absolute Gasteiger partial charge is 0.129 e. The van der Waals surface area contributed by atoms with Crippen LogP contribution in [0.15, 0.2) is 18.3 Å². The summed E-state index contributed by atoms with van der Waals surface area (Å²) in [6.07, 6.45) is 1.73. The summed E-state index contributed by atoms with van der Waals surface area (Å²) in [6.45, 7) is 6.09. The molecule has 0 aromatic carbocycles. The first kappa shape index (κ1) is 9.49. The lowest BCUT2D eigenvalue weighted by atomic mass is 10.2. The molecule has 0 aliphatic rings. The zero-order chi connectivity index (χ0) is 8.97. The van der Waals surface area contributed by atoms with Crippen molar-refractivity contribution in [1.82, 2.24) is 10.3 Å². The molecule has 3 heteroatoms. The molecule has 0 bridgehead atoms. The van der Waals surface area contributed by atoms with E-state index in [1.165, 1.54) is 0 Å². The molecule has 0 spiro atoms. The number of pyridine rings is 1. The molecule has 0 saturated heterocycles. The summed E-state index contributed by atoms with van der Waals surface area (Å²) in [5.41, 5.74) is 1.04. The lowest BCUT2D eigenvalue weighted by Crippen LogP contribution is -2.19. The van der Waals surface area contributed by atoms with Crippen LogP contribution in [0.5, 0.6) is 0 Å². The van der Waals surface area contributed by atoms with Gasteiger partial charge < -0.3 is 5.32 Å². The zero-order valence-electron chi connectivity index (χ0n) is 7.21. The molecular weight excluding hydrogens is 172 g/mol. The number of aromatic nitrogens is 1. The average Bonchev–Trinajstić information content (AvgIpc) is 2.03. The van der Waals surface area contributed by atoms with Crippen molar-refractivity contribution in [2.24, 2.45) is 0 Å². The molecule has 0 atom stereocenters. The molecule has 0 fully saturated rings. The van der Waals surface area contributed by atoms with Gasteiger partial charge in [-0.05, 0) is 11.6 Å². The Morgan fingerprint density at radius 2 is 2.25 bits per heavy atom. The number of hydrogen-bond donors (Lipinski definition) is 1. The Labute approximate surface area is 78.0 Å². The van der Waals surface area contributed by atoms with Crippen LogP contribution in [0, 0.1) is 6.54 Å². The van der Waals surface area contributed by atoms with Gasteiger partial charge in [-0.3, -0.25) is 0 Å². The van der Waals surface area contributed by atoms with E-state index in [1.807, 2.05) is 12.6 Å². The third kappa shape index (κ3) is 3.20. The monoisotopic (exact) mass is 183 g/mol. The number of hydrogen-bond acceptors (Lipinski definition) is 2. The largest absolute Gasteiger partial charge is 0.306 e. The zero-order valence-corrected chi connectivity index (χ0v) is 7.97. The molecule has 65 valence electrons. The van der Waals surface area contributed by atoms with Gasteiger partial charge in [-0.15, -0.1) is 0 Å². The van der Waals surface area contributed by atoms with Crippen LogP contribution in [0.1, 0.15) is 19.4 Å². The molecule has 1 N–H and O–H groups in total. The summed E-state index contributed by atoms with van der Waals surface area (Å²) in [4.78, 5) is 3.95. The molecule has 0 unspecified atom stereocenters. The summed E-state index contributed by atoms with van der Waals surface area (Å²) in [5, 5.41) is 3.70. The maximum atomic E-state index is 5.63. The SMILES string of the molecule is CC(C)N[CH]c1ccc(Cl)nc1. The van der Waals surface area contributed by atoms with Crippen LogP contribution in [0.25, 0.3) is 0 Å². The van der Waals surface area contributed by atoms with Gasteiger partial charge in [-0.2, -0.15) is 0 Å². The van der Waals surface area contributed by atoms with Crippen LogP contribution in [0.2, 0.25) is 5.15 Å². The minimum atomic E-state index is 0.445. The van der Waals surface area contributed by atoms with Gasteiger partial charge >= 0.3 is 0 Å². The van der Waals surface area contributed by atoms with Gasteiger partial charge in [0.15, 0.2) is 0 Å². The van der Waals surface area contributed by atoms with E-state index in [4.69, 9.17) is 11.6 Å². The van der Waals surface area contributed by atoms with Gasteiger partial charge in [0.1, 0.15) is 5.15 Å². The highest BCUT2D eigenvalue weighted by atomic mass is 35.5. The Balaban J connectivity index is 2.48. The Kier molecular flexibility index (Phi) is 3.50. The molecule has 0 aliphatic heterocycles. The van der Waals surface area contributed by atoms with Crippen molar-refractivity contribution in [3.8, 4) is 0 Å². The molecule has 2 nitrogen and oxygen atoms in total. The maximum absolute atomic E-state index is 5.63. The Bertz CT molecular complexity index is 231. The molecule has 12 heavy (non-hydrogen) atoms. The molecule has 1 radical (unpaired) electrons. The van der Waals surface area contributed by atoms with Gasteiger partial charge in [0.05, 0.1) is 6.54 Å². The lowest BCUT2D eigenvalue weighted by Gasteiger charge is -2.06. The third-order valence-electron chi connectivity index (χ3n) is 1.33. The second-order valence-corrected chi connectivity index (χ2v) is 3.27. The first-order chi connectivity index (χ1) is 5.68. The van der Waals surface area contributed by atoms with Crippen molar-refractivity contribution >= 4 is 11.6 Å². The van der Waals surface area contributed by atoms with Crippen LogP contribution in [0.3, 0.4) is 0 Å². The van der Waals surface area contributed by atoms with E-state index < -0.39 is 0 Å². The van der Waals surface area contributed by atoms with Gasteiger partial charge in [-0.1, -0.05) is 31.5 Å². The molecule has 1 aromatic heterocycles. The predicted octanol–water partition coefficient (Wildman–Crippen LogP) is 2.24. The molecule has 1 heterocycles.